The highest BCUT2D eigenvalue weighted by Crippen LogP contribution is 2.21. The van der Waals surface area contributed by atoms with E-state index in [-0.39, 0.29) is 5.91 Å². The fourth-order valence-electron chi connectivity index (χ4n) is 1.56. The number of halogens is 1. The van der Waals surface area contributed by atoms with E-state index in [4.69, 9.17) is 4.74 Å². The first kappa shape index (κ1) is 15.7. The van der Waals surface area contributed by atoms with Crippen molar-refractivity contribution in [3.8, 4) is 0 Å². The van der Waals surface area contributed by atoms with Gasteiger partial charge in [-0.2, -0.15) is 0 Å². The van der Waals surface area contributed by atoms with Crippen molar-refractivity contribution in [2.75, 3.05) is 7.11 Å². The molecular weight excluding hydrogens is 310 g/mol. The van der Waals surface area contributed by atoms with E-state index in [1.165, 1.54) is 7.11 Å². The van der Waals surface area contributed by atoms with Gasteiger partial charge < -0.3 is 10.1 Å². The number of nitrogens with one attached hydrogen (secondary N) is 1. The zero-order valence-electron chi connectivity index (χ0n) is 11.5. The van der Waals surface area contributed by atoms with E-state index >= 15 is 0 Å². The fraction of sp³-hybridized carbons (Fsp3) is 0.429. The molecule has 104 valence electrons. The van der Waals surface area contributed by atoms with Crippen LogP contribution in [-0.2, 0) is 9.53 Å². The molecule has 1 amide bonds. The number of benzene rings is 1. The van der Waals surface area contributed by atoms with Gasteiger partial charge in [0.25, 0.3) is 5.91 Å². The largest absolute Gasteiger partial charge is 0.467 e. The molecule has 1 aromatic rings. The lowest BCUT2D eigenvalue weighted by Gasteiger charge is -2.29. The van der Waals surface area contributed by atoms with Gasteiger partial charge in [-0.25, -0.2) is 4.79 Å². The van der Waals surface area contributed by atoms with Crippen molar-refractivity contribution < 1.29 is 14.3 Å². The zero-order valence-corrected chi connectivity index (χ0v) is 13.1. The normalized spacial score (nSPS) is 12.7. The first-order valence-corrected chi connectivity index (χ1v) is 6.69. The smallest absolute Gasteiger partial charge is 0.328 e. The Kier molecular flexibility index (Phi) is 5.11. The molecule has 0 spiro atoms. The zero-order chi connectivity index (χ0) is 14.6. The van der Waals surface area contributed by atoms with Crippen LogP contribution in [-0.4, -0.2) is 25.0 Å². The first-order chi connectivity index (χ1) is 8.75. The third kappa shape index (κ3) is 4.35. The fourth-order valence-corrected chi connectivity index (χ4v) is 1.83. The highest BCUT2D eigenvalue weighted by Gasteiger charge is 2.33. The summed E-state index contributed by atoms with van der Waals surface area (Å²) in [6.45, 7) is 5.61. The lowest BCUT2D eigenvalue weighted by Crippen LogP contribution is -2.49. The molecule has 0 saturated heterocycles. The Labute approximate surface area is 121 Å². The molecule has 0 aliphatic rings. The molecule has 0 aliphatic heterocycles. The quantitative estimate of drug-likeness (QED) is 0.868. The van der Waals surface area contributed by atoms with Crippen molar-refractivity contribution in [1.29, 1.82) is 0 Å². The summed E-state index contributed by atoms with van der Waals surface area (Å²) in [5.74, 6) is -0.740. The molecule has 4 nitrogen and oxygen atoms in total. The van der Waals surface area contributed by atoms with Crippen LogP contribution in [0.1, 0.15) is 31.1 Å². The number of rotatable bonds is 3. The number of carbonyl (C=O) groups excluding carboxylic acids is 2. The van der Waals surface area contributed by atoms with E-state index in [1.807, 2.05) is 20.8 Å². The van der Waals surface area contributed by atoms with Gasteiger partial charge in [-0.1, -0.05) is 36.7 Å². The van der Waals surface area contributed by atoms with Gasteiger partial charge in [0, 0.05) is 10.0 Å². The Bertz CT molecular complexity index is 463. The maximum atomic E-state index is 12.1. The third-order valence-corrected chi connectivity index (χ3v) is 3.21. The molecule has 0 aromatic heterocycles. The molecule has 1 N–H and O–H groups in total. The summed E-state index contributed by atoms with van der Waals surface area (Å²) in [5, 5.41) is 2.71. The topological polar surface area (TPSA) is 55.4 Å². The van der Waals surface area contributed by atoms with Gasteiger partial charge >= 0.3 is 5.97 Å². The standard InChI is InChI=1S/C14H18BrNO3/c1-14(2,3)11(13(18)19-4)16-12(17)9-5-7-10(15)8-6-9/h5-8,11H,1-4H3,(H,16,17)/t11-/m1/s1. The lowest BCUT2D eigenvalue weighted by molar-refractivity contribution is -0.145. The average molecular weight is 328 g/mol. The summed E-state index contributed by atoms with van der Waals surface area (Å²) in [6, 6.07) is 6.25. The molecule has 1 atom stereocenters. The van der Waals surface area contributed by atoms with Crippen LogP contribution in [0.25, 0.3) is 0 Å². The summed E-state index contributed by atoms with van der Waals surface area (Å²) < 4.78 is 5.63. The molecule has 0 heterocycles. The monoisotopic (exact) mass is 327 g/mol. The van der Waals surface area contributed by atoms with Crippen molar-refractivity contribution in [3.05, 3.63) is 34.3 Å². The van der Waals surface area contributed by atoms with Gasteiger partial charge in [-0.05, 0) is 29.7 Å². The number of hydrogen-bond acceptors (Lipinski definition) is 3. The van der Waals surface area contributed by atoms with Crippen LogP contribution in [0, 0.1) is 5.41 Å². The van der Waals surface area contributed by atoms with Gasteiger partial charge in [0.2, 0.25) is 0 Å². The minimum atomic E-state index is -0.686. The SMILES string of the molecule is COC(=O)[C@@H](NC(=O)c1ccc(Br)cc1)C(C)(C)C. The Morgan fingerprint density at radius 1 is 1.21 bits per heavy atom. The summed E-state index contributed by atoms with van der Waals surface area (Å²) in [5.41, 5.74) is 0.0827. The van der Waals surface area contributed by atoms with Crippen LogP contribution in [0.4, 0.5) is 0 Å². The van der Waals surface area contributed by atoms with Crippen molar-refractivity contribution >= 4 is 27.8 Å². The van der Waals surface area contributed by atoms with Crippen molar-refractivity contribution in [2.24, 2.45) is 5.41 Å². The molecule has 0 aliphatic carbocycles. The van der Waals surface area contributed by atoms with Crippen molar-refractivity contribution in [2.45, 2.75) is 26.8 Å². The minimum absolute atomic E-state index is 0.294. The Hall–Kier alpha value is -1.36. The molecule has 0 radical (unpaired) electrons. The van der Waals surface area contributed by atoms with Crippen molar-refractivity contribution in [3.63, 3.8) is 0 Å². The predicted molar refractivity (Wildman–Crippen MR) is 76.9 cm³/mol. The highest BCUT2D eigenvalue weighted by atomic mass is 79.9. The Morgan fingerprint density at radius 3 is 2.16 bits per heavy atom. The van der Waals surface area contributed by atoms with E-state index in [9.17, 15) is 9.59 Å². The second-order valence-corrected chi connectivity index (χ2v) is 6.22. The van der Waals surface area contributed by atoms with Gasteiger partial charge in [-0.15, -0.1) is 0 Å². The maximum absolute atomic E-state index is 12.1. The summed E-state index contributed by atoms with van der Waals surface area (Å²) in [4.78, 5) is 23.8. The number of hydrogen-bond donors (Lipinski definition) is 1. The minimum Gasteiger partial charge on any atom is -0.467 e. The summed E-state index contributed by atoms with van der Waals surface area (Å²) in [7, 11) is 1.31. The highest BCUT2D eigenvalue weighted by molar-refractivity contribution is 9.10. The molecule has 0 saturated carbocycles. The van der Waals surface area contributed by atoms with E-state index < -0.39 is 17.4 Å². The lowest BCUT2D eigenvalue weighted by atomic mass is 9.86. The summed E-state index contributed by atoms with van der Waals surface area (Å²) in [6.07, 6.45) is 0. The molecule has 1 rings (SSSR count). The van der Waals surface area contributed by atoms with Crippen LogP contribution in [0.5, 0.6) is 0 Å². The van der Waals surface area contributed by atoms with Crippen LogP contribution in [0.15, 0.2) is 28.7 Å². The number of methoxy groups -OCH3 is 1. The number of esters is 1. The van der Waals surface area contributed by atoms with Gasteiger partial charge in [0.1, 0.15) is 6.04 Å². The van der Waals surface area contributed by atoms with E-state index in [2.05, 4.69) is 21.2 Å². The Balaban J connectivity index is 2.88. The maximum Gasteiger partial charge on any atom is 0.328 e. The third-order valence-electron chi connectivity index (χ3n) is 2.68. The molecule has 0 bridgehead atoms. The van der Waals surface area contributed by atoms with Crippen LogP contribution in [0.2, 0.25) is 0 Å². The van der Waals surface area contributed by atoms with E-state index in [0.29, 0.717) is 5.56 Å². The Morgan fingerprint density at radius 2 is 1.74 bits per heavy atom. The molecule has 1 aromatic carbocycles. The average Bonchev–Trinajstić information content (AvgIpc) is 2.34. The van der Waals surface area contributed by atoms with Gasteiger partial charge in [0.15, 0.2) is 0 Å². The van der Waals surface area contributed by atoms with E-state index in [1.54, 1.807) is 24.3 Å². The molecule has 0 unspecified atom stereocenters. The van der Waals surface area contributed by atoms with Crippen LogP contribution >= 0.6 is 15.9 Å². The van der Waals surface area contributed by atoms with Crippen molar-refractivity contribution in [1.82, 2.24) is 5.32 Å². The van der Waals surface area contributed by atoms with Gasteiger partial charge in [0.05, 0.1) is 7.11 Å². The summed E-state index contributed by atoms with van der Waals surface area (Å²) >= 11 is 3.31. The number of ether oxygens (including phenoxy) is 1. The first-order valence-electron chi connectivity index (χ1n) is 5.90. The molecule has 0 fully saturated rings. The van der Waals surface area contributed by atoms with Crippen LogP contribution in [0.3, 0.4) is 0 Å². The van der Waals surface area contributed by atoms with Gasteiger partial charge in [-0.3, -0.25) is 4.79 Å². The number of carbonyl (C=O) groups is 2. The van der Waals surface area contributed by atoms with E-state index in [0.717, 1.165) is 4.47 Å². The molecule has 5 heteroatoms. The predicted octanol–water partition coefficient (Wildman–Crippen LogP) is 2.77. The second-order valence-electron chi connectivity index (χ2n) is 5.30. The second kappa shape index (κ2) is 6.19. The molecular formula is C14H18BrNO3. The van der Waals surface area contributed by atoms with Crippen LogP contribution < -0.4 is 5.32 Å². The molecule has 19 heavy (non-hydrogen) atoms. The number of amides is 1.